The molecule has 0 rings (SSSR count). The molecule has 2 unspecified atom stereocenters. The molecule has 0 aromatic heterocycles. The summed E-state index contributed by atoms with van der Waals surface area (Å²) in [6, 6.07) is 0. The summed E-state index contributed by atoms with van der Waals surface area (Å²) in [5, 5.41) is 0. The highest BCUT2D eigenvalue weighted by Gasteiger charge is 2.39. The Morgan fingerprint density at radius 1 is 1.10 bits per heavy atom. The van der Waals surface area contributed by atoms with Crippen LogP contribution in [0.5, 0.6) is 0 Å². The van der Waals surface area contributed by atoms with Gasteiger partial charge in [-0.15, -0.1) is 0 Å². The van der Waals surface area contributed by atoms with Crippen LogP contribution in [-0.2, 0) is 4.74 Å². The Kier molecular flexibility index (Phi) is 6.80. The predicted octanol–water partition coefficient (Wildman–Crippen LogP) is 5.04. The first-order valence-corrected chi connectivity index (χ1v) is 6.02. The molecule has 0 aliphatic heterocycles. The number of hydrogen-bond donors (Lipinski definition) is 0. The molecule has 0 fully saturated rings. The topological polar surface area (TPSA) is 9.23 Å². The van der Waals surface area contributed by atoms with Crippen LogP contribution in [0, 0.1) is 5.92 Å². The molecule has 0 aromatic carbocycles. The van der Waals surface area contributed by atoms with E-state index in [-0.39, 0.29) is 18.1 Å². The van der Waals surface area contributed by atoms with Gasteiger partial charge in [0, 0.05) is 7.11 Å². The molecule has 0 heterocycles. The Morgan fingerprint density at radius 3 is 1.90 bits per heavy atom. The van der Waals surface area contributed by atoms with E-state index >= 15 is 0 Å². The fraction of sp³-hybridized carbons (Fsp3) is 0.692. The molecule has 0 saturated carbocycles. The van der Waals surface area contributed by atoms with Crippen LogP contribution in [0.4, 0.5) is 26.3 Å². The molecule has 1 nitrogen and oxygen atoms in total. The van der Waals surface area contributed by atoms with E-state index in [1.165, 1.54) is 14.0 Å². The lowest BCUT2D eigenvalue weighted by molar-refractivity contribution is -0.157. The third-order valence-corrected chi connectivity index (χ3v) is 2.90. The fourth-order valence-corrected chi connectivity index (χ4v) is 1.45. The maximum absolute atomic E-state index is 12.8. The van der Waals surface area contributed by atoms with Crippen molar-refractivity contribution in [3.05, 3.63) is 23.3 Å². The van der Waals surface area contributed by atoms with Crippen molar-refractivity contribution in [1.82, 2.24) is 0 Å². The third kappa shape index (κ3) is 5.98. The maximum atomic E-state index is 12.8. The van der Waals surface area contributed by atoms with Crippen molar-refractivity contribution in [2.75, 3.05) is 7.11 Å². The molecule has 0 spiro atoms. The fourth-order valence-electron chi connectivity index (χ4n) is 1.45. The molecule has 0 aliphatic carbocycles. The SMILES string of the molecule is CC/C(=C\C(=C/C(C)C(F)(F)F)C(F)(F)F)C(C)OC. The number of rotatable bonds is 5. The average molecular weight is 304 g/mol. The van der Waals surface area contributed by atoms with Crippen LogP contribution in [0.1, 0.15) is 27.2 Å². The zero-order chi connectivity index (χ0) is 16.1. The molecular formula is C13H18F6O. The van der Waals surface area contributed by atoms with Crippen molar-refractivity contribution >= 4 is 0 Å². The second-order valence-electron chi connectivity index (χ2n) is 4.40. The molecule has 0 N–H and O–H groups in total. The highest BCUT2D eigenvalue weighted by Crippen LogP contribution is 2.34. The smallest absolute Gasteiger partial charge is 0.377 e. The normalized spacial score (nSPS) is 18.1. The molecule has 0 aromatic rings. The van der Waals surface area contributed by atoms with Gasteiger partial charge in [-0.05, 0) is 25.0 Å². The van der Waals surface area contributed by atoms with Crippen LogP contribution in [0.15, 0.2) is 23.3 Å². The predicted molar refractivity (Wildman–Crippen MR) is 64.2 cm³/mol. The van der Waals surface area contributed by atoms with Gasteiger partial charge in [0.15, 0.2) is 0 Å². The number of alkyl halides is 6. The number of halogens is 6. The summed E-state index contributed by atoms with van der Waals surface area (Å²) in [5.41, 5.74) is -1.02. The van der Waals surface area contributed by atoms with E-state index in [4.69, 9.17) is 4.74 Å². The molecule has 118 valence electrons. The molecule has 0 bridgehead atoms. The molecule has 0 aliphatic rings. The lowest BCUT2D eigenvalue weighted by atomic mass is 10.0. The van der Waals surface area contributed by atoms with Crippen LogP contribution in [0.2, 0.25) is 0 Å². The van der Waals surface area contributed by atoms with Gasteiger partial charge in [-0.25, -0.2) is 0 Å². The van der Waals surface area contributed by atoms with Crippen LogP contribution >= 0.6 is 0 Å². The zero-order valence-corrected chi connectivity index (χ0v) is 11.7. The first kappa shape index (κ1) is 19.0. The van der Waals surface area contributed by atoms with E-state index in [9.17, 15) is 26.3 Å². The molecule has 0 radical (unpaired) electrons. The van der Waals surface area contributed by atoms with Crippen LogP contribution in [0.3, 0.4) is 0 Å². The van der Waals surface area contributed by atoms with E-state index in [2.05, 4.69) is 0 Å². The van der Waals surface area contributed by atoms with Gasteiger partial charge in [-0.2, -0.15) is 26.3 Å². The molecule has 0 amide bonds. The van der Waals surface area contributed by atoms with Gasteiger partial charge < -0.3 is 4.74 Å². The van der Waals surface area contributed by atoms with Crippen molar-refractivity contribution in [2.45, 2.75) is 45.6 Å². The summed E-state index contributed by atoms with van der Waals surface area (Å²) in [7, 11) is 1.32. The number of ether oxygens (including phenoxy) is 1. The summed E-state index contributed by atoms with van der Waals surface area (Å²) in [4.78, 5) is 0. The Morgan fingerprint density at radius 2 is 1.60 bits per heavy atom. The van der Waals surface area contributed by atoms with Gasteiger partial charge in [0.2, 0.25) is 0 Å². The van der Waals surface area contributed by atoms with Gasteiger partial charge in [-0.1, -0.05) is 19.9 Å². The Labute approximate surface area is 114 Å². The van der Waals surface area contributed by atoms with Gasteiger partial charge >= 0.3 is 12.4 Å². The minimum absolute atomic E-state index is 0.192. The lowest BCUT2D eigenvalue weighted by Crippen LogP contribution is -2.21. The van der Waals surface area contributed by atoms with E-state index in [1.807, 2.05) is 0 Å². The number of allylic oxidation sites excluding steroid dienone is 3. The lowest BCUT2D eigenvalue weighted by Gasteiger charge is -2.18. The molecule has 20 heavy (non-hydrogen) atoms. The molecular weight excluding hydrogens is 286 g/mol. The standard InChI is InChI=1S/C13H18F6O/c1-5-10(9(3)20-4)7-11(13(17,18)19)6-8(2)12(14,15)16/h6-9H,5H2,1-4H3/b10-7+,11-6+. The van der Waals surface area contributed by atoms with E-state index in [1.54, 1.807) is 6.92 Å². The quantitative estimate of drug-likeness (QED) is 0.510. The second kappa shape index (κ2) is 7.15. The molecule has 7 heteroatoms. The molecule has 0 saturated heterocycles. The van der Waals surface area contributed by atoms with E-state index in [0.717, 1.165) is 6.08 Å². The first-order chi connectivity index (χ1) is 8.93. The largest absolute Gasteiger partial charge is 0.416 e. The highest BCUT2D eigenvalue weighted by molar-refractivity contribution is 5.30. The molecule has 2 atom stereocenters. The summed E-state index contributed by atoms with van der Waals surface area (Å²) >= 11 is 0. The van der Waals surface area contributed by atoms with Gasteiger partial charge in [0.05, 0.1) is 17.6 Å². The Bertz CT molecular complexity index is 364. The monoisotopic (exact) mass is 304 g/mol. The zero-order valence-electron chi connectivity index (χ0n) is 11.7. The number of methoxy groups -OCH3 is 1. The van der Waals surface area contributed by atoms with Gasteiger partial charge in [0.1, 0.15) is 0 Å². The van der Waals surface area contributed by atoms with Crippen molar-refractivity contribution in [1.29, 1.82) is 0 Å². The van der Waals surface area contributed by atoms with Gasteiger partial charge in [0.25, 0.3) is 0 Å². The van der Waals surface area contributed by atoms with E-state index in [0.29, 0.717) is 6.92 Å². The minimum atomic E-state index is -4.84. The summed E-state index contributed by atoms with van der Waals surface area (Å²) in [5.74, 6) is -2.17. The second-order valence-corrected chi connectivity index (χ2v) is 4.40. The third-order valence-electron chi connectivity index (χ3n) is 2.90. The van der Waals surface area contributed by atoms with Crippen molar-refractivity contribution in [2.24, 2.45) is 5.92 Å². The van der Waals surface area contributed by atoms with Gasteiger partial charge in [-0.3, -0.25) is 0 Å². The summed E-state index contributed by atoms with van der Waals surface area (Å²) < 4.78 is 80.5. The highest BCUT2D eigenvalue weighted by atomic mass is 19.4. The minimum Gasteiger partial charge on any atom is -0.377 e. The van der Waals surface area contributed by atoms with Crippen LogP contribution in [0.25, 0.3) is 0 Å². The number of hydrogen-bond acceptors (Lipinski definition) is 1. The Balaban J connectivity index is 5.60. The maximum Gasteiger partial charge on any atom is 0.416 e. The van der Waals surface area contributed by atoms with Crippen molar-refractivity contribution in [3.63, 3.8) is 0 Å². The first-order valence-electron chi connectivity index (χ1n) is 6.02. The van der Waals surface area contributed by atoms with E-state index < -0.39 is 29.9 Å². The summed E-state index contributed by atoms with van der Waals surface area (Å²) in [6.07, 6.45) is -8.96. The van der Waals surface area contributed by atoms with Crippen molar-refractivity contribution < 1.29 is 31.1 Å². The van der Waals surface area contributed by atoms with Crippen molar-refractivity contribution in [3.8, 4) is 0 Å². The Hall–Kier alpha value is -0.980. The van der Waals surface area contributed by atoms with Crippen LogP contribution < -0.4 is 0 Å². The summed E-state index contributed by atoms with van der Waals surface area (Å²) in [6.45, 7) is 3.84. The van der Waals surface area contributed by atoms with Crippen LogP contribution in [-0.4, -0.2) is 25.6 Å². The average Bonchev–Trinajstić information content (AvgIpc) is 2.30.